The molecule has 2 aliphatic rings. The standard InChI is InChI=1S/C19H23FN4/c20-17-5-1-3-14(9-17)12-24-8-6-18-16(13-24)11-22-19(23-18)15-4-2-7-21-10-15/h1,3,5,9,11,15,21H,2,4,6-8,10,12-13H2/t15-/m1/s1. The highest BCUT2D eigenvalue weighted by Gasteiger charge is 2.22. The largest absolute Gasteiger partial charge is 0.316 e. The van der Waals surface area contributed by atoms with Gasteiger partial charge in [-0.2, -0.15) is 0 Å². The number of hydrogen-bond donors (Lipinski definition) is 1. The van der Waals surface area contributed by atoms with Gasteiger partial charge in [0.15, 0.2) is 0 Å². The van der Waals surface area contributed by atoms with E-state index in [2.05, 4.69) is 15.2 Å². The zero-order valence-corrected chi connectivity index (χ0v) is 13.8. The number of halogens is 1. The van der Waals surface area contributed by atoms with Crippen LogP contribution in [0.4, 0.5) is 4.39 Å². The Kier molecular flexibility index (Phi) is 4.54. The molecule has 5 heteroatoms. The van der Waals surface area contributed by atoms with Crippen molar-refractivity contribution in [1.82, 2.24) is 20.2 Å². The summed E-state index contributed by atoms with van der Waals surface area (Å²) in [7, 11) is 0. The van der Waals surface area contributed by atoms with Crippen molar-refractivity contribution < 1.29 is 4.39 Å². The van der Waals surface area contributed by atoms with E-state index >= 15 is 0 Å². The lowest BCUT2D eigenvalue weighted by Gasteiger charge is -2.29. The molecule has 1 N–H and O–H groups in total. The molecule has 2 aromatic rings. The fourth-order valence-electron chi connectivity index (χ4n) is 3.69. The van der Waals surface area contributed by atoms with Crippen LogP contribution in [0.3, 0.4) is 0 Å². The highest BCUT2D eigenvalue weighted by atomic mass is 19.1. The van der Waals surface area contributed by atoms with Crippen LogP contribution in [0.1, 0.15) is 41.4 Å². The van der Waals surface area contributed by atoms with Gasteiger partial charge >= 0.3 is 0 Å². The summed E-state index contributed by atoms with van der Waals surface area (Å²) in [5.74, 6) is 1.29. The van der Waals surface area contributed by atoms with Gasteiger partial charge in [-0.05, 0) is 37.1 Å². The molecule has 126 valence electrons. The first-order valence-corrected chi connectivity index (χ1v) is 8.80. The summed E-state index contributed by atoms with van der Waals surface area (Å²) < 4.78 is 13.3. The number of rotatable bonds is 3. The summed E-state index contributed by atoms with van der Waals surface area (Å²) >= 11 is 0. The number of nitrogens with one attached hydrogen (secondary N) is 1. The van der Waals surface area contributed by atoms with E-state index < -0.39 is 0 Å². The lowest BCUT2D eigenvalue weighted by molar-refractivity contribution is 0.242. The molecule has 0 spiro atoms. The Labute approximate surface area is 142 Å². The summed E-state index contributed by atoms with van der Waals surface area (Å²) in [6, 6.07) is 6.86. The SMILES string of the molecule is Fc1cccc(CN2CCc3nc([C@@H]4CCCNC4)ncc3C2)c1. The van der Waals surface area contributed by atoms with Crippen molar-refractivity contribution in [2.24, 2.45) is 0 Å². The monoisotopic (exact) mass is 326 g/mol. The fraction of sp³-hybridized carbons (Fsp3) is 0.474. The third-order valence-electron chi connectivity index (χ3n) is 4.99. The average molecular weight is 326 g/mol. The van der Waals surface area contributed by atoms with Crippen LogP contribution < -0.4 is 5.32 Å². The lowest BCUT2D eigenvalue weighted by atomic mass is 9.98. The smallest absolute Gasteiger partial charge is 0.132 e. The van der Waals surface area contributed by atoms with Crippen LogP contribution in [0.5, 0.6) is 0 Å². The van der Waals surface area contributed by atoms with Gasteiger partial charge in [0.05, 0.1) is 0 Å². The second-order valence-corrected chi connectivity index (χ2v) is 6.83. The van der Waals surface area contributed by atoms with E-state index in [0.717, 1.165) is 50.5 Å². The third-order valence-corrected chi connectivity index (χ3v) is 4.99. The van der Waals surface area contributed by atoms with Crippen LogP contribution in [0.25, 0.3) is 0 Å². The van der Waals surface area contributed by atoms with Crippen LogP contribution in [0, 0.1) is 5.82 Å². The first-order chi connectivity index (χ1) is 11.8. The maximum Gasteiger partial charge on any atom is 0.132 e. The van der Waals surface area contributed by atoms with Crippen molar-refractivity contribution >= 4 is 0 Å². The number of hydrogen-bond acceptors (Lipinski definition) is 4. The van der Waals surface area contributed by atoms with E-state index in [4.69, 9.17) is 4.98 Å². The molecule has 1 aromatic heterocycles. The van der Waals surface area contributed by atoms with E-state index in [1.807, 2.05) is 12.3 Å². The molecule has 1 fully saturated rings. The van der Waals surface area contributed by atoms with E-state index in [1.165, 1.54) is 30.2 Å². The minimum atomic E-state index is -0.168. The highest BCUT2D eigenvalue weighted by Crippen LogP contribution is 2.24. The van der Waals surface area contributed by atoms with Crippen molar-refractivity contribution in [2.75, 3.05) is 19.6 Å². The Morgan fingerprint density at radius 1 is 1.33 bits per heavy atom. The second-order valence-electron chi connectivity index (χ2n) is 6.83. The minimum Gasteiger partial charge on any atom is -0.316 e. The summed E-state index contributed by atoms with van der Waals surface area (Å²) in [6.07, 6.45) is 5.33. The molecular formula is C19H23FN4. The molecular weight excluding hydrogens is 303 g/mol. The molecule has 0 saturated carbocycles. The third kappa shape index (κ3) is 3.47. The van der Waals surface area contributed by atoms with Gasteiger partial charge < -0.3 is 5.32 Å². The van der Waals surface area contributed by atoms with Gasteiger partial charge in [0, 0.05) is 56.0 Å². The fourth-order valence-corrected chi connectivity index (χ4v) is 3.69. The van der Waals surface area contributed by atoms with Gasteiger partial charge in [0.25, 0.3) is 0 Å². The van der Waals surface area contributed by atoms with Crippen LogP contribution in [0.15, 0.2) is 30.5 Å². The van der Waals surface area contributed by atoms with Crippen molar-refractivity contribution in [3.63, 3.8) is 0 Å². The number of aromatic nitrogens is 2. The van der Waals surface area contributed by atoms with Crippen LogP contribution in [-0.4, -0.2) is 34.5 Å². The van der Waals surface area contributed by atoms with Crippen LogP contribution in [0.2, 0.25) is 0 Å². The van der Waals surface area contributed by atoms with E-state index in [1.54, 1.807) is 12.1 Å². The molecule has 1 atom stereocenters. The van der Waals surface area contributed by atoms with Gasteiger partial charge in [0.1, 0.15) is 11.6 Å². The zero-order valence-electron chi connectivity index (χ0n) is 13.8. The van der Waals surface area contributed by atoms with Crippen LogP contribution in [-0.2, 0) is 19.5 Å². The Bertz CT molecular complexity index is 712. The molecule has 3 heterocycles. The van der Waals surface area contributed by atoms with Gasteiger partial charge in [0.2, 0.25) is 0 Å². The van der Waals surface area contributed by atoms with Crippen molar-refractivity contribution in [2.45, 2.75) is 38.3 Å². The second kappa shape index (κ2) is 6.95. The van der Waals surface area contributed by atoms with Gasteiger partial charge in [-0.1, -0.05) is 12.1 Å². The summed E-state index contributed by atoms with van der Waals surface area (Å²) in [5.41, 5.74) is 3.43. The Hall–Kier alpha value is -1.85. The van der Waals surface area contributed by atoms with Crippen molar-refractivity contribution in [3.8, 4) is 0 Å². The Morgan fingerprint density at radius 2 is 2.29 bits per heavy atom. The summed E-state index contributed by atoms with van der Waals surface area (Å²) in [6.45, 7) is 4.67. The molecule has 4 nitrogen and oxygen atoms in total. The summed E-state index contributed by atoms with van der Waals surface area (Å²) in [5, 5.41) is 3.43. The van der Waals surface area contributed by atoms with Crippen LogP contribution >= 0.6 is 0 Å². The minimum absolute atomic E-state index is 0.168. The van der Waals surface area contributed by atoms with E-state index in [0.29, 0.717) is 5.92 Å². The predicted octanol–water partition coefficient (Wildman–Crippen LogP) is 2.64. The normalized spacial score (nSPS) is 21.5. The molecule has 4 rings (SSSR count). The predicted molar refractivity (Wildman–Crippen MR) is 91.1 cm³/mol. The molecule has 2 aliphatic heterocycles. The topological polar surface area (TPSA) is 41.1 Å². The van der Waals surface area contributed by atoms with E-state index in [9.17, 15) is 4.39 Å². The molecule has 0 aliphatic carbocycles. The highest BCUT2D eigenvalue weighted by molar-refractivity contribution is 5.23. The number of benzene rings is 1. The van der Waals surface area contributed by atoms with Gasteiger partial charge in [-0.3, -0.25) is 4.90 Å². The maximum absolute atomic E-state index is 13.3. The number of piperidine rings is 1. The molecule has 0 amide bonds. The Morgan fingerprint density at radius 3 is 3.12 bits per heavy atom. The number of nitrogens with zero attached hydrogens (tertiary/aromatic N) is 3. The van der Waals surface area contributed by atoms with Gasteiger partial charge in [-0.15, -0.1) is 0 Å². The first-order valence-electron chi connectivity index (χ1n) is 8.80. The molecule has 1 saturated heterocycles. The Balaban J connectivity index is 1.45. The lowest BCUT2D eigenvalue weighted by Crippen LogP contribution is -2.32. The van der Waals surface area contributed by atoms with E-state index in [-0.39, 0.29) is 5.82 Å². The zero-order chi connectivity index (χ0) is 16.4. The van der Waals surface area contributed by atoms with Gasteiger partial charge in [-0.25, -0.2) is 14.4 Å². The molecule has 0 unspecified atom stereocenters. The molecule has 1 aromatic carbocycles. The summed E-state index contributed by atoms with van der Waals surface area (Å²) in [4.78, 5) is 11.8. The van der Waals surface area contributed by atoms with Crippen molar-refractivity contribution in [3.05, 3.63) is 58.9 Å². The molecule has 0 radical (unpaired) electrons. The number of fused-ring (bicyclic) bond motifs is 1. The maximum atomic E-state index is 13.3. The quantitative estimate of drug-likeness (QED) is 0.941. The molecule has 24 heavy (non-hydrogen) atoms. The van der Waals surface area contributed by atoms with Crippen molar-refractivity contribution in [1.29, 1.82) is 0 Å². The molecule has 0 bridgehead atoms. The first kappa shape index (κ1) is 15.7. The average Bonchev–Trinajstić information content (AvgIpc) is 2.62.